The second-order valence-electron chi connectivity index (χ2n) is 4.89. The predicted octanol–water partition coefficient (Wildman–Crippen LogP) is 1.74. The number of benzene rings is 1. The Morgan fingerprint density at radius 2 is 2.26 bits per heavy atom. The lowest BCUT2D eigenvalue weighted by Gasteiger charge is -2.31. The van der Waals surface area contributed by atoms with Crippen LogP contribution in [0.2, 0.25) is 0 Å². The minimum Gasteiger partial charge on any atom is -0.396 e. The van der Waals surface area contributed by atoms with Gasteiger partial charge in [-0.1, -0.05) is 18.2 Å². The topological polar surface area (TPSA) is 52.6 Å². The van der Waals surface area contributed by atoms with Crippen LogP contribution in [0.25, 0.3) is 0 Å². The summed E-state index contributed by atoms with van der Waals surface area (Å²) in [5, 5.41) is 11.8. The highest BCUT2D eigenvalue weighted by Crippen LogP contribution is 2.15. The zero-order valence-electron chi connectivity index (χ0n) is 10.8. The van der Waals surface area contributed by atoms with E-state index in [2.05, 4.69) is 5.32 Å². The van der Waals surface area contributed by atoms with Gasteiger partial charge >= 0.3 is 6.03 Å². The fraction of sp³-hybridized carbons (Fsp3) is 0.500. The van der Waals surface area contributed by atoms with Gasteiger partial charge in [-0.05, 0) is 24.8 Å². The smallest absolute Gasteiger partial charge is 0.317 e. The third-order valence-electron chi connectivity index (χ3n) is 3.45. The van der Waals surface area contributed by atoms with Gasteiger partial charge in [0, 0.05) is 31.8 Å². The van der Waals surface area contributed by atoms with Crippen LogP contribution in [0.3, 0.4) is 0 Å². The third kappa shape index (κ3) is 3.67. The van der Waals surface area contributed by atoms with Crippen molar-refractivity contribution in [3.8, 4) is 0 Å². The third-order valence-corrected chi connectivity index (χ3v) is 3.45. The highest BCUT2D eigenvalue weighted by atomic mass is 19.1. The number of amides is 2. The van der Waals surface area contributed by atoms with E-state index >= 15 is 0 Å². The number of nitrogens with zero attached hydrogens (tertiary/aromatic N) is 1. The molecular formula is C14H19FN2O2. The Morgan fingerprint density at radius 3 is 3.00 bits per heavy atom. The lowest BCUT2D eigenvalue weighted by molar-refractivity contribution is 0.129. The van der Waals surface area contributed by atoms with Gasteiger partial charge in [0.1, 0.15) is 5.82 Å². The molecule has 2 N–H and O–H groups in total. The average Bonchev–Trinajstić information content (AvgIpc) is 2.46. The number of aliphatic hydroxyl groups excluding tert-OH is 1. The van der Waals surface area contributed by atoms with E-state index in [0.717, 1.165) is 12.8 Å². The number of carbonyl (C=O) groups is 1. The van der Waals surface area contributed by atoms with Crippen LogP contribution in [0.15, 0.2) is 24.3 Å². The number of urea groups is 1. The van der Waals surface area contributed by atoms with Crippen molar-refractivity contribution in [1.29, 1.82) is 0 Å². The highest BCUT2D eigenvalue weighted by Gasteiger charge is 2.22. The molecule has 0 aromatic heterocycles. The zero-order valence-corrected chi connectivity index (χ0v) is 10.8. The molecule has 0 bridgehead atoms. The Labute approximate surface area is 112 Å². The Bertz CT molecular complexity index is 439. The molecule has 4 nitrogen and oxygen atoms in total. The van der Waals surface area contributed by atoms with E-state index in [1.165, 1.54) is 6.07 Å². The van der Waals surface area contributed by atoms with Crippen molar-refractivity contribution in [1.82, 2.24) is 10.2 Å². The molecule has 1 atom stereocenters. The minimum atomic E-state index is -0.310. The van der Waals surface area contributed by atoms with Gasteiger partial charge in [-0.25, -0.2) is 9.18 Å². The van der Waals surface area contributed by atoms with Gasteiger partial charge in [0.2, 0.25) is 0 Å². The number of piperidine rings is 1. The van der Waals surface area contributed by atoms with E-state index in [9.17, 15) is 9.18 Å². The van der Waals surface area contributed by atoms with Gasteiger partial charge in [0.05, 0.1) is 0 Å². The number of rotatable bonds is 3. The fourth-order valence-electron chi connectivity index (χ4n) is 2.32. The number of halogens is 1. The molecule has 104 valence electrons. The summed E-state index contributed by atoms with van der Waals surface area (Å²) in [5.41, 5.74) is 0.478. The SMILES string of the molecule is O=C(NCc1ccccc1F)N1CCCC(CO)C1. The number of nitrogens with one attached hydrogen (secondary N) is 1. The molecule has 1 aromatic carbocycles. The number of hydrogen-bond donors (Lipinski definition) is 2. The fourth-order valence-corrected chi connectivity index (χ4v) is 2.32. The van der Waals surface area contributed by atoms with Crippen LogP contribution in [-0.4, -0.2) is 35.7 Å². The lowest BCUT2D eigenvalue weighted by atomic mass is 9.99. The molecule has 1 unspecified atom stereocenters. The molecule has 19 heavy (non-hydrogen) atoms. The standard InChI is InChI=1S/C14H19FN2O2/c15-13-6-2-1-5-12(13)8-16-14(19)17-7-3-4-11(9-17)10-18/h1-2,5-6,11,18H,3-4,7-10H2,(H,16,19). The van der Waals surface area contributed by atoms with Crippen LogP contribution < -0.4 is 5.32 Å². The molecule has 1 fully saturated rings. The molecule has 0 spiro atoms. The molecule has 1 aliphatic heterocycles. The lowest BCUT2D eigenvalue weighted by Crippen LogP contribution is -2.46. The Kier molecular flexibility index (Phi) is 4.74. The predicted molar refractivity (Wildman–Crippen MR) is 70.0 cm³/mol. The molecule has 2 rings (SSSR count). The highest BCUT2D eigenvalue weighted by molar-refractivity contribution is 5.74. The molecule has 1 heterocycles. The van der Waals surface area contributed by atoms with Crippen LogP contribution in [-0.2, 0) is 6.54 Å². The second kappa shape index (κ2) is 6.52. The summed E-state index contributed by atoms with van der Waals surface area (Å²) in [7, 11) is 0. The summed E-state index contributed by atoms with van der Waals surface area (Å²) in [5.74, 6) is -0.150. The molecule has 5 heteroatoms. The summed E-state index contributed by atoms with van der Waals surface area (Å²) in [4.78, 5) is 13.6. The van der Waals surface area contributed by atoms with Gasteiger partial charge in [-0.2, -0.15) is 0 Å². The molecule has 1 aromatic rings. The molecule has 0 aliphatic carbocycles. The van der Waals surface area contributed by atoms with E-state index in [-0.39, 0.29) is 30.9 Å². The quantitative estimate of drug-likeness (QED) is 0.875. The first-order valence-electron chi connectivity index (χ1n) is 6.57. The summed E-state index contributed by atoms with van der Waals surface area (Å²) in [6, 6.07) is 6.21. The molecule has 1 saturated heterocycles. The Balaban J connectivity index is 1.86. The van der Waals surface area contributed by atoms with Gasteiger partial charge < -0.3 is 15.3 Å². The second-order valence-corrected chi connectivity index (χ2v) is 4.89. The number of aliphatic hydroxyl groups is 1. The zero-order chi connectivity index (χ0) is 13.7. The number of carbonyl (C=O) groups excluding carboxylic acids is 1. The summed E-state index contributed by atoms with van der Waals surface area (Å²) < 4.78 is 13.4. The van der Waals surface area contributed by atoms with E-state index in [0.29, 0.717) is 18.7 Å². The van der Waals surface area contributed by atoms with Crippen molar-refractivity contribution in [3.63, 3.8) is 0 Å². The monoisotopic (exact) mass is 266 g/mol. The van der Waals surface area contributed by atoms with E-state index in [4.69, 9.17) is 5.11 Å². The van der Waals surface area contributed by atoms with Crippen molar-refractivity contribution < 1.29 is 14.3 Å². The largest absolute Gasteiger partial charge is 0.396 e. The first-order valence-corrected chi connectivity index (χ1v) is 6.57. The van der Waals surface area contributed by atoms with Crippen molar-refractivity contribution in [3.05, 3.63) is 35.6 Å². The van der Waals surface area contributed by atoms with Crippen molar-refractivity contribution in [2.24, 2.45) is 5.92 Å². The first kappa shape index (κ1) is 13.8. The normalized spacial score (nSPS) is 19.3. The number of likely N-dealkylation sites (tertiary alicyclic amines) is 1. The first-order chi connectivity index (χ1) is 9.20. The summed E-state index contributed by atoms with van der Waals surface area (Å²) in [6.07, 6.45) is 1.85. The van der Waals surface area contributed by atoms with Gasteiger partial charge in [0.15, 0.2) is 0 Å². The van der Waals surface area contributed by atoms with Crippen molar-refractivity contribution in [2.45, 2.75) is 19.4 Å². The van der Waals surface area contributed by atoms with Gasteiger partial charge in [-0.3, -0.25) is 0 Å². The van der Waals surface area contributed by atoms with Crippen LogP contribution in [0.4, 0.5) is 9.18 Å². The van der Waals surface area contributed by atoms with Crippen LogP contribution in [0, 0.1) is 11.7 Å². The molecule has 0 saturated carbocycles. The van der Waals surface area contributed by atoms with E-state index in [1.54, 1.807) is 23.1 Å². The summed E-state index contributed by atoms with van der Waals surface area (Å²) in [6.45, 7) is 1.56. The maximum Gasteiger partial charge on any atom is 0.317 e. The molecule has 1 aliphatic rings. The summed E-state index contributed by atoms with van der Waals surface area (Å²) >= 11 is 0. The van der Waals surface area contributed by atoms with Crippen LogP contribution in [0.1, 0.15) is 18.4 Å². The van der Waals surface area contributed by atoms with Crippen molar-refractivity contribution >= 4 is 6.03 Å². The van der Waals surface area contributed by atoms with Crippen molar-refractivity contribution in [2.75, 3.05) is 19.7 Å². The van der Waals surface area contributed by atoms with E-state index < -0.39 is 0 Å². The Hall–Kier alpha value is -1.62. The van der Waals surface area contributed by atoms with Crippen LogP contribution >= 0.6 is 0 Å². The van der Waals surface area contributed by atoms with Gasteiger partial charge in [0.25, 0.3) is 0 Å². The van der Waals surface area contributed by atoms with Crippen LogP contribution in [0.5, 0.6) is 0 Å². The Morgan fingerprint density at radius 1 is 1.47 bits per heavy atom. The van der Waals surface area contributed by atoms with E-state index in [1.807, 2.05) is 0 Å². The maximum absolute atomic E-state index is 13.4. The maximum atomic E-state index is 13.4. The molecule has 0 radical (unpaired) electrons. The number of hydrogen-bond acceptors (Lipinski definition) is 2. The molecule has 2 amide bonds. The van der Waals surface area contributed by atoms with Gasteiger partial charge in [-0.15, -0.1) is 0 Å². The average molecular weight is 266 g/mol. The molecular weight excluding hydrogens is 247 g/mol. The minimum absolute atomic E-state index is 0.108.